The smallest absolute Gasteiger partial charge is 0.231 e. The van der Waals surface area contributed by atoms with Crippen molar-refractivity contribution < 1.29 is 14.2 Å². The van der Waals surface area contributed by atoms with Crippen molar-refractivity contribution in [1.82, 2.24) is 10.6 Å². The average molecular weight is 489 g/mol. The number of halogens is 1. The van der Waals surface area contributed by atoms with Crippen molar-refractivity contribution in [2.75, 3.05) is 39.6 Å². The van der Waals surface area contributed by atoms with E-state index in [9.17, 15) is 0 Å². The van der Waals surface area contributed by atoms with Gasteiger partial charge in [0.15, 0.2) is 17.5 Å². The van der Waals surface area contributed by atoms with E-state index in [0.717, 1.165) is 63.1 Å². The lowest BCUT2D eigenvalue weighted by molar-refractivity contribution is 0.0530. The monoisotopic (exact) mass is 489 g/mol. The molecule has 0 atom stereocenters. The molecule has 1 aromatic rings. The van der Waals surface area contributed by atoms with Gasteiger partial charge in [-0.3, -0.25) is 4.99 Å². The highest BCUT2D eigenvalue weighted by molar-refractivity contribution is 14.0. The summed E-state index contributed by atoms with van der Waals surface area (Å²) in [5.74, 6) is 3.12. The summed E-state index contributed by atoms with van der Waals surface area (Å²) in [6.45, 7) is 10.8. The zero-order valence-corrected chi connectivity index (χ0v) is 18.9. The number of aliphatic imine (C=N–C) groups is 1. The fourth-order valence-electron chi connectivity index (χ4n) is 3.40. The van der Waals surface area contributed by atoms with Crippen LogP contribution in [-0.4, -0.2) is 45.6 Å². The first-order valence-corrected chi connectivity index (χ1v) is 9.63. The van der Waals surface area contributed by atoms with Gasteiger partial charge in [0.2, 0.25) is 6.79 Å². The van der Waals surface area contributed by atoms with Crippen LogP contribution in [0.5, 0.6) is 11.5 Å². The molecule has 1 fully saturated rings. The van der Waals surface area contributed by atoms with Crippen molar-refractivity contribution in [2.45, 2.75) is 39.0 Å². The second-order valence-corrected chi connectivity index (χ2v) is 7.43. The highest BCUT2D eigenvalue weighted by Gasteiger charge is 2.35. The van der Waals surface area contributed by atoms with E-state index in [0.29, 0.717) is 12.7 Å². The molecule has 2 aliphatic heterocycles. The number of rotatable bonds is 6. The van der Waals surface area contributed by atoms with Crippen LogP contribution in [0.3, 0.4) is 0 Å². The Kier molecular flexibility index (Phi) is 8.47. The number of fused-ring (bicyclic) bond motifs is 1. The number of nitrogens with zero attached hydrogens (tertiary/aromatic N) is 1. The van der Waals surface area contributed by atoms with Crippen LogP contribution in [0.1, 0.15) is 39.2 Å². The first-order chi connectivity index (χ1) is 12.6. The Hall–Kier alpha value is -1.22. The van der Waals surface area contributed by atoms with Crippen LogP contribution in [0.15, 0.2) is 23.2 Å². The molecular formula is C20H32IN3O3. The van der Waals surface area contributed by atoms with Crippen molar-refractivity contribution >= 4 is 29.9 Å². The summed E-state index contributed by atoms with van der Waals surface area (Å²) in [4.78, 5) is 4.92. The standard InChI is InChI=1S/C20H31N3O3.HI/c1-4-21-19(22-12-15(2)3)23-13-20(7-9-24-10-8-20)16-5-6-17-18(11-16)26-14-25-17;/h5-6,11,15H,4,7-10,12-14H2,1-3H3,(H2,21,22,23);1H. The van der Waals surface area contributed by atoms with E-state index in [2.05, 4.69) is 43.5 Å². The summed E-state index contributed by atoms with van der Waals surface area (Å²) < 4.78 is 16.7. The van der Waals surface area contributed by atoms with Crippen LogP contribution in [0, 0.1) is 5.92 Å². The molecule has 0 saturated carbocycles. The van der Waals surface area contributed by atoms with Crippen LogP contribution in [0.25, 0.3) is 0 Å². The van der Waals surface area contributed by atoms with E-state index in [1.165, 1.54) is 5.56 Å². The molecule has 0 unspecified atom stereocenters. The van der Waals surface area contributed by atoms with Gasteiger partial charge in [-0.25, -0.2) is 0 Å². The van der Waals surface area contributed by atoms with Gasteiger partial charge in [0, 0.05) is 31.7 Å². The Morgan fingerprint density at radius 2 is 1.89 bits per heavy atom. The van der Waals surface area contributed by atoms with Gasteiger partial charge in [-0.05, 0) is 43.4 Å². The van der Waals surface area contributed by atoms with Gasteiger partial charge < -0.3 is 24.8 Å². The maximum atomic E-state index is 5.64. The SMILES string of the molecule is CCNC(=NCC1(c2ccc3c(c2)OCO3)CCOCC1)NCC(C)C.I. The molecule has 0 bridgehead atoms. The maximum absolute atomic E-state index is 5.64. The third-order valence-electron chi connectivity index (χ3n) is 5.00. The molecule has 1 saturated heterocycles. The summed E-state index contributed by atoms with van der Waals surface area (Å²) >= 11 is 0. The van der Waals surface area contributed by atoms with Crippen molar-refractivity contribution in [3.05, 3.63) is 23.8 Å². The predicted octanol–water partition coefficient (Wildman–Crippen LogP) is 3.29. The second-order valence-electron chi connectivity index (χ2n) is 7.43. The maximum Gasteiger partial charge on any atom is 0.231 e. The lowest BCUT2D eigenvalue weighted by atomic mass is 9.74. The number of ether oxygens (including phenoxy) is 3. The summed E-state index contributed by atoms with van der Waals surface area (Å²) in [7, 11) is 0. The second kappa shape index (κ2) is 10.4. The Morgan fingerprint density at radius 1 is 1.15 bits per heavy atom. The van der Waals surface area contributed by atoms with Crippen LogP contribution in [0.2, 0.25) is 0 Å². The molecule has 2 N–H and O–H groups in total. The third-order valence-corrected chi connectivity index (χ3v) is 5.00. The van der Waals surface area contributed by atoms with Crippen molar-refractivity contribution in [3.63, 3.8) is 0 Å². The molecule has 152 valence electrons. The van der Waals surface area contributed by atoms with Crippen LogP contribution in [0.4, 0.5) is 0 Å². The zero-order valence-electron chi connectivity index (χ0n) is 16.5. The van der Waals surface area contributed by atoms with E-state index in [1.54, 1.807) is 0 Å². The van der Waals surface area contributed by atoms with Gasteiger partial charge in [-0.2, -0.15) is 0 Å². The fraction of sp³-hybridized carbons (Fsp3) is 0.650. The van der Waals surface area contributed by atoms with E-state index in [-0.39, 0.29) is 29.4 Å². The van der Waals surface area contributed by atoms with Gasteiger partial charge in [0.25, 0.3) is 0 Å². The highest BCUT2D eigenvalue weighted by atomic mass is 127. The molecular weight excluding hydrogens is 457 g/mol. The minimum absolute atomic E-state index is 0. The molecule has 2 heterocycles. The van der Waals surface area contributed by atoms with Crippen LogP contribution in [-0.2, 0) is 10.2 Å². The number of benzene rings is 1. The third kappa shape index (κ3) is 5.63. The normalized spacial score (nSPS) is 18.1. The quantitative estimate of drug-likeness (QED) is 0.365. The minimum Gasteiger partial charge on any atom is -0.454 e. The Labute approximate surface area is 179 Å². The Bertz CT molecular complexity index is 631. The van der Waals surface area contributed by atoms with E-state index < -0.39 is 0 Å². The molecule has 0 aliphatic carbocycles. The first kappa shape index (κ1) is 22.1. The lowest BCUT2D eigenvalue weighted by Crippen LogP contribution is -2.42. The van der Waals surface area contributed by atoms with Crippen LogP contribution < -0.4 is 20.1 Å². The summed E-state index contributed by atoms with van der Waals surface area (Å²) in [6.07, 6.45) is 1.92. The predicted molar refractivity (Wildman–Crippen MR) is 119 cm³/mol. The molecule has 2 aliphatic rings. The van der Waals surface area contributed by atoms with E-state index in [1.807, 2.05) is 6.07 Å². The average Bonchev–Trinajstić information content (AvgIpc) is 3.12. The van der Waals surface area contributed by atoms with Gasteiger partial charge in [-0.1, -0.05) is 19.9 Å². The number of hydrogen-bond acceptors (Lipinski definition) is 4. The van der Waals surface area contributed by atoms with Crippen molar-refractivity contribution in [2.24, 2.45) is 10.9 Å². The first-order valence-electron chi connectivity index (χ1n) is 9.63. The highest BCUT2D eigenvalue weighted by Crippen LogP contribution is 2.41. The molecule has 0 aromatic heterocycles. The van der Waals surface area contributed by atoms with Gasteiger partial charge in [-0.15, -0.1) is 24.0 Å². The van der Waals surface area contributed by atoms with Gasteiger partial charge in [0.1, 0.15) is 0 Å². The van der Waals surface area contributed by atoms with Gasteiger partial charge in [0.05, 0.1) is 6.54 Å². The van der Waals surface area contributed by atoms with Crippen LogP contribution >= 0.6 is 24.0 Å². The summed E-state index contributed by atoms with van der Waals surface area (Å²) in [6, 6.07) is 6.29. The molecule has 1 aromatic carbocycles. The molecule has 7 heteroatoms. The Balaban J connectivity index is 0.00000261. The lowest BCUT2D eigenvalue weighted by Gasteiger charge is -2.36. The number of hydrogen-bond donors (Lipinski definition) is 2. The van der Waals surface area contributed by atoms with E-state index in [4.69, 9.17) is 19.2 Å². The molecule has 3 rings (SSSR count). The largest absolute Gasteiger partial charge is 0.454 e. The molecule has 0 spiro atoms. The van der Waals surface area contributed by atoms with Crippen molar-refractivity contribution in [3.8, 4) is 11.5 Å². The molecule has 6 nitrogen and oxygen atoms in total. The number of nitrogens with one attached hydrogen (secondary N) is 2. The van der Waals surface area contributed by atoms with Crippen molar-refractivity contribution in [1.29, 1.82) is 0 Å². The molecule has 0 radical (unpaired) electrons. The number of guanidine groups is 1. The molecule has 0 amide bonds. The molecule has 27 heavy (non-hydrogen) atoms. The van der Waals surface area contributed by atoms with Gasteiger partial charge >= 0.3 is 0 Å². The zero-order chi connectivity index (χ0) is 18.4. The minimum atomic E-state index is -0.0284. The summed E-state index contributed by atoms with van der Waals surface area (Å²) in [5, 5.41) is 6.78. The topological polar surface area (TPSA) is 64.1 Å². The fourth-order valence-corrected chi connectivity index (χ4v) is 3.40. The summed E-state index contributed by atoms with van der Waals surface area (Å²) in [5.41, 5.74) is 1.23. The Morgan fingerprint density at radius 3 is 2.59 bits per heavy atom. The van der Waals surface area contributed by atoms with E-state index >= 15 is 0 Å².